The summed E-state index contributed by atoms with van der Waals surface area (Å²) in [5, 5.41) is 0. The second-order valence-electron chi connectivity index (χ2n) is 8.50. The van der Waals surface area contributed by atoms with Crippen LogP contribution in [0.15, 0.2) is 0 Å². The summed E-state index contributed by atoms with van der Waals surface area (Å²) in [7, 11) is 0. The molecule has 5 fully saturated rings. The highest BCUT2D eigenvalue weighted by molar-refractivity contribution is 5.08. The van der Waals surface area contributed by atoms with Gasteiger partial charge in [0.05, 0.1) is 6.61 Å². The van der Waals surface area contributed by atoms with Crippen molar-refractivity contribution in [1.29, 1.82) is 0 Å². The molecule has 5 rings (SSSR count). The van der Waals surface area contributed by atoms with E-state index in [1.807, 2.05) is 6.92 Å². The molecule has 0 aromatic heterocycles. The van der Waals surface area contributed by atoms with Gasteiger partial charge in [-0.1, -0.05) is 33.1 Å². The summed E-state index contributed by atoms with van der Waals surface area (Å²) in [6.45, 7) is 7.45. The van der Waals surface area contributed by atoms with Crippen LogP contribution in [0.4, 0.5) is 0 Å². The van der Waals surface area contributed by atoms with E-state index in [2.05, 4.69) is 13.8 Å². The predicted octanol–water partition coefficient (Wildman–Crippen LogP) is 4.43. The molecule has 2 bridgehead atoms. The zero-order valence-electron chi connectivity index (χ0n) is 14.9. The molecule has 0 unspecified atom stereocenters. The quantitative estimate of drug-likeness (QED) is 0.566. The molecule has 0 amide bonds. The summed E-state index contributed by atoms with van der Waals surface area (Å²) in [4.78, 5) is 12.0. The van der Waals surface area contributed by atoms with Crippen molar-refractivity contribution in [1.82, 2.24) is 0 Å². The molecule has 132 valence electrons. The maximum Gasteiger partial charge on any atom is 0.201 e. The van der Waals surface area contributed by atoms with Crippen LogP contribution in [0.25, 0.3) is 0 Å². The van der Waals surface area contributed by atoms with Gasteiger partial charge in [0, 0.05) is 12.3 Å². The molecular formula is C19H32O4. The molecule has 4 heteroatoms. The van der Waals surface area contributed by atoms with Crippen molar-refractivity contribution < 1.29 is 19.2 Å². The lowest BCUT2D eigenvalue weighted by Gasteiger charge is -2.59. The molecule has 4 heterocycles. The molecule has 0 radical (unpaired) electrons. The van der Waals surface area contributed by atoms with E-state index >= 15 is 0 Å². The van der Waals surface area contributed by atoms with Gasteiger partial charge in [0.1, 0.15) is 0 Å². The summed E-state index contributed by atoms with van der Waals surface area (Å²) in [6.07, 6.45) is 9.41. The van der Waals surface area contributed by atoms with Gasteiger partial charge in [0.2, 0.25) is 5.79 Å². The van der Waals surface area contributed by atoms with Gasteiger partial charge in [-0.15, -0.1) is 0 Å². The third-order valence-electron chi connectivity index (χ3n) is 6.98. The van der Waals surface area contributed by atoms with Crippen LogP contribution in [0.1, 0.15) is 72.1 Å². The molecule has 4 nitrogen and oxygen atoms in total. The zero-order chi connectivity index (χ0) is 16.1. The Morgan fingerprint density at radius 2 is 1.91 bits per heavy atom. The molecule has 0 N–H and O–H groups in total. The number of hydrogen-bond acceptors (Lipinski definition) is 4. The highest BCUT2D eigenvalue weighted by atomic mass is 17.3. The number of ether oxygens (including phenoxy) is 2. The maximum atomic E-state index is 6.28. The predicted molar refractivity (Wildman–Crippen MR) is 86.4 cm³/mol. The molecule has 0 aromatic rings. The van der Waals surface area contributed by atoms with Crippen LogP contribution in [0.5, 0.6) is 0 Å². The Balaban J connectivity index is 1.64. The number of hydrogen-bond donors (Lipinski definition) is 0. The summed E-state index contributed by atoms with van der Waals surface area (Å²) in [5.74, 6) is 1.61. The van der Waals surface area contributed by atoms with Crippen LogP contribution in [0, 0.1) is 23.7 Å². The second kappa shape index (κ2) is 5.98. The van der Waals surface area contributed by atoms with Crippen molar-refractivity contribution in [3.8, 4) is 0 Å². The normalized spacial score (nSPS) is 52.0. The molecule has 4 aliphatic heterocycles. The first kappa shape index (κ1) is 16.3. The molecule has 7 atom stereocenters. The highest BCUT2D eigenvalue weighted by Gasteiger charge is 2.68. The molecule has 1 saturated carbocycles. The van der Waals surface area contributed by atoms with E-state index in [0.717, 1.165) is 19.4 Å². The Labute approximate surface area is 140 Å². The molecule has 0 aromatic carbocycles. The highest BCUT2D eigenvalue weighted by Crippen LogP contribution is 2.60. The van der Waals surface area contributed by atoms with Crippen LogP contribution in [-0.4, -0.2) is 24.3 Å². The Bertz CT molecular complexity index is 441. The average molecular weight is 324 g/mol. The van der Waals surface area contributed by atoms with Gasteiger partial charge in [0.15, 0.2) is 11.9 Å². The SMILES string of the molecule is CCCCC[C@H]1CO[C@H]2O[C@@]3(C)CC[C@H]4[C@H](C)CC[C@@H]1[C@@]24OO3. The van der Waals surface area contributed by atoms with Crippen LogP contribution < -0.4 is 0 Å². The van der Waals surface area contributed by atoms with Crippen LogP contribution >= 0.6 is 0 Å². The van der Waals surface area contributed by atoms with Crippen LogP contribution in [0.3, 0.4) is 0 Å². The average Bonchev–Trinajstić information content (AvgIpc) is 2.77. The van der Waals surface area contributed by atoms with Crippen molar-refractivity contribution in [3.63, 3.8) is 0 Å². The Kier molecular flexibility index (Phi) is 4.24. The zero-order valence-corrected chi connectivity index (χ0v) is 14.9. The topological polar surface area (TPSA) is 36.9 Å². The maximum absolute atomic E-state index is 6.28. The van der Waals surface area contributed by atoms with E-state index in [1.165, 1.54) is 38.5 Å². The fourth-order valence-corrected chi connectivity index (χ4v) is 5.66. The van der Waals surface area contributed by atoms with Gasteiger partial charge >= 0.3 is 0 Å². The molecule has 1 spiro atoms. The van der Waals surface area contributed by atoms with E-state index in [4.69, 9.17) is 19.2 Å². The van der Waals surface area contributed by atoms with Crippen molar-refractivity contribution in [3.05, 3.63) is 0 Å². The van der Waals surface area contributed by atoms with Gasteiger partial charge in [-0.05, 0) is 50.4 Å². The van der Waals surface area contributed by atoms with E-state index < -0.39 is 5.79 Å². The lowest BCUT2D eigenvalue weighted by atomic mass is 9.57. The standard InChI is InChI=1S/C19H32O4/c1-4-5-6-7-14-12-20-17-19-15(13(2)8-9-16(14)19)10-11-18(3,21-17)22-23-19/h13-17H,4-12H2,1-3H3/t13-,14+,15+,16+,17+,18-,19-/m1/s1. The minimum Gasteiger partial charge on any atom is -0.349 e. The van der Waals surface area contributed by atoms with E-state index in [0.29, 0.717) is 23.7 Å². The largest absolute Gasteiger partial charge is 0.349 e. The van der Waals surface area contributed by atoms with Gasteiger partial charge in [-0.25, -0.2) is 9.78 Å². The molecular weight excluding hydrogens is 292 g/mol. The smallest absolute Gasteiger partial charge is 0.201 e. The molecule has 1 aliphatic carbocycles. The van der Waals surface area contributed by atoms with Gasteiger partial charge in [0.25, 0.3) is 0 Å². The van der Waals surface area contributed by atoms with Crippen molar-refractivity contribution in [2.24, 2.45) is 23.7 Å². The lowest BCUT2D eigenvalue weighted by molar-refractivity contribution is -0.567. The van der Waals surface area contributed by atoms with E-state index in [1.54, 1.807) is 0 Å². The monoisotopic (exact) mass is 324 g/mol. The van der Waals surface area contributed by atoms with Gasteiger partial charge in [-0.3, -0.25) is 0 Å². The van der Waals surface area contributed by atoms with Crippen LogP contribution in [-0.2, 0) is 19.2 Å². The fourth-order valence-electron chi connectivity index (χ4n) is 5.66. The van der Waals surface area contributed by atoms with Gasteiger partial charge in [-0.2, -0.15) is 0 Å². The van der Waals surface area contributed by atoms with E-state index in [9.17, 15) is 0 Å². The summed E-state index contributed by atoms with van der Waals surface area (Å²) in [6, 6.07) is 0. The molecule has 23 heavy (non-hydrogen) atoms. The minimum atomic E-state index is -0.632. The van der Waals surface area contributed by atoms with Gasteiger partial charge < -0.3 is 9.47 Å². The number of fused-ring (bicyclic) bond motifs is 2. The Morgan fingerprint density at radius 1 is 1.04 bits per heavy atom. The minimum absolute atomic E-state index is 0.246. The number of unbranched alkanes of at least 4 members (excludes halogenated alkanes) is 2. The van der Waals surface area contributed by atoms with E-state index in [-0.39, 0.29) is 11.9 Å². The first-order valence-electron chi connectivity index (χ1n) is 9.75. The summed E-state index contributed by atoms with van der Waals surface area (Å²) < 4.78 is 12.5. The van der Waals surface area contributed by atoms with Crippen molar-refractivity contribution >= 4 is 0 Å². The van der Waals surface area contributed by atoms with Crippen molar-refractivity contribution in [2.45, 2.75) is 89.8 Å². The lowest BCUT2D eigenvalue weighted by Crippen LogP contribution is -2.69. The molecule has 5 aliphatic rings. The Hall–Kier alpha value is -0.160. The third kappa shape index (κ3) is 2.48. The summed E-state index contributed by atoms with van der Waals surface area (Å²) >= 11 is 0. The first-order valence-corrected chi connectivity index (χ1v) is 9.75. The second-order valence-corrected chi connectivity index (χ2v) is 8.50. The Morgan fingerprint density at radius 3 is 2.74 bits per heavy atom. The number of rotatable bonds is 4. The van der Waals surface area contributed by atoms with Crippen LogP contribution in [0.2, 0.25) is 0 Å². The first-order chi connectivity index (χ1) is 11.1. The fraction of sp³-hybridized carbons (Fsp3) is 1.00. The summed E-state index contributed by atoms with van der Waals surface area (Å²) in [5.41, 5.74) is -0.372. The third-order valence-corrected chi connectivity index (χ3v) is 6.98. The van der Waals surface area contributed by atoms with Crippen molar-refractivity contribution in [2.75, 3.05) is 6.61 Å². The molecule has 4 saturated heterocycles.